The molecule has 0 fully saturated rings. The van der Waals surface area contributed by atoms with Crippen LogP contribution in [0.3, 0.4) is 0 Å². The van der Waals surface area contributed by atoms with E-state index in [0.29, 0.717) is 11.8 Å². The zero-order valence-electron chi connectivity index (χ0n) is 12.4. The Balaban J connectivity index is 1.89. The molecule has 0 radical (unpaired) electrons. The largest absolute Gasteiger partial charge is 0.416 e. The third kappa shape index (κ3) is 2.79. The molecule has 3 aromatic rings. The molecule has 4 nitrogen and oxygen atoms in total. The molecule has 0 saturated carbocycles. The Labute approximate surface area is 124 Å². The van der Waals surface area contributed by atoms with Crippen molar-refractivity contribution in [2.45, 2.75) is 6.92 Å². The van der Waals surface area contributed by atoms with Crippen molar-refractivity contribution >= 4 is 5.69 Å². The molecule has 0 saturated heterocycles. The zero-order valence-corrected chi connectivity index (χ0v) is 12.4. The van der Waals surface area contributed by atoms with E-state index in [2.05, 4.69) is 22.0 Å². The molecule has 1 aromatic heterocycles. The first-order valence-electron chi connectivity index (χ1n) is 6.82. The Morgan fingerprint density at radius 3 is 1.71 bits per heavy atom. The Kier molecular flexibility index (Phi) is 3.44. The first kappa shape index (κ1) is 13.4. The molecule has 4 heteroatoms. The van der Waals surface area contributed by atoms with Crippen LogP contribution in [0.5, 0.6) is 0 Å². The molecule has 0 aliphatic heterocycles. The van der Waals surface area contributed by atoms with Gasteiger partial charge in [0.2, 0.25) is 11.8 Å². The average molecular weight is 279 g/mol. The van der Waals surface area contributed by atoms with Crippen molar-refractivity contribution in [3.63, 3.8) is 0 Å². The number of nitrogens with zero attached hydrogens (tertiary/aromatic N) is 3. The minimum absolute atomic E-state index is 0.538. The SMILES string of the molecule is Cc1ccc(-c2nnc(-c3ccc(N(C)C)cc3)o2)cc1. The highest BCUT2D eigenvalue weighted by Crippen LogP contribution is 2.25. The highest BCUT2D eigenvalue weighted by atomic mass is 16.4. The van der Waals surface area contributed by atoms with Gasteiger partial charge in [0, 0.05) is 30.9 Å². The summed E-state index contributed by atoms with van der Waals surface area (Å²) in [5.74, 6) is 1.08. The number of aryl methyl sites for hydroxylation is 1. The van der Waals surface area contributed by atoms with Crippen LogP contribution >= 0.6 is 0 Å². The van der Waals surface area contributed by atoms with Crippen LogP contribution in [-0.4, -0.2) is 24.3 Å². The Morgan fingerprint density at radius 2 is 1.24 bits per heavy atom. The second kappa shape index (κ2) is 5.40. The average Bonchev–Trinajstić information content (AvgIpc) is 2.98. The molecule has 21 heavy (non-hydrogen) atoms. The van der Waals surface area contributed by atoms with Crippen molar-refractivity contribution in [2.75, 3.05) is 19.0 Å². The van der Waals surface area contributed by atoms with Crippen LogP contribution in [0.1, 0.15) is 5.56 Å². The second-order valence-corrected chi connectivity index (χ2v) is 5.22. The minimum atomic E-state index is 0.538. The van der Waals surface area contributed by atoms with E-state index in [1.54, 1.807) is 0 Å². The first-order chi connectivity index (χ1) is 10.1. The maximum atomic E-state index is 5.76. The minimum Gasteiger partial charge on any atom is -0.416 e. The molecule has 0 bridgehead atoms. The molecule has 0 N–H and O–H groups in total. The predicted molar refractivity (Wildman–Crippen MR) is 84.2 cm³/mol. The van der Waals surface area contributed by atoms with E-state index >= 15 is 0 Å². The zero-order chi connectivity index (χ0) is 14.8. The first-order valence-corrected chi connectivity index (χ1v) is 6.82. The molecule has 1 heterocycles. The lowest BCUT2D eigenvalue weighted by Gasteiger charge is -2.11. The van der Waals surface area contributed by atoms with Crippen LogP contribution in [0, 0.1) is 6.92 Å². The van der Waals surface area contributed by atoms with Crippen LogP contribution in [0.2, 0.25) is 0 Å². The van der Waals surface area contributed by atoms with Gasteiger partial charge in [0.15, 0.2) is 0 Å². The maximum absolute atomic E-state index is 5.76. The van der Waals surface area contributed by atoms with Gasteiger partial charge < -0.3 is 9.32 Å². The number of hydrogen-bond acceptors (Lipinski definition) is 4. The van der Waals surface area contributed by atoms with E-state index in [4.69, 9.17) is 4.42 Å². The summed E-state index contributed by atoms with van der Waals surface area (Å²) in [7, 11) is 4.02. The van der Waals surface area contributed by atoms with E-state index in [0.717, 1.165) is 16.8 Å². The summed E-state index contributed by atoms with van der Waals surface area (Å²) in [4.78, 5) is 2.05. The lowest BCUT2D eigenvalue weighted by atomic mass is 10.1. The molecule has 3 rings (SSSR count). The van der Waals surface area contributed by atoms with Gasteiger partial charge in [-0.3, -0.25) is 0 Å². The monoisotopic (exact) mass is 279 g/mol. The summed E-state index contributed by atoms with van der Waals surface area (Å²) in [6, 6.07) is 16.1. The van der Waals surface area contributed by atoms with E-state index in [1.165, 1.54) is 5.56 Å². The van der Waals surface area contributed by atoms with Gasteiger partial charge in [-0.15, -0.1) is 10.2 Å². The van der Waals surface area contributed by atoms with Gasteiger partial charge >= 0.3 is 0 Å². The number of hydrogen-bond donors (Lipinski definition) is 0. The van der Waals surface area contributed by atoms with Gasteiger partial charge in [-0.25, -0.2) is 0 Å². The molecule has 0 atom stereocenters. The van der Waals surface area contributed by atoms with Gasteiger partial charge in [0.05, 0.1) is 0 Å². The van der Waals surface area contributed by atoms with Gasteiger partial charge in [0.1, 0.15) is 0 Å². The van der Waals surface area contributed by atoms with Gasteiger partial charge in [0.25, 0.3) is 0 Å². The van der Waals surface area contributed by atoms with E-state index in [9.17, 15) is 0 Å². The number of anilines is 1. The van der Waals surface area contributed by atoms with Gasteiger partial charge in [-0.2, -0.15) is 0 Å². The standard InChI is InChI=1S/C17H17N3O/c1-12-4-6-13(7-5-12)16-18-19-17(21-16)14-8-10-15(11-9-14)20(2)3/h4-11H,1-3H3. The van der Waals surface area contributed by atoms with Crippen LogP contribution in [0.25, 0.3) is 22.9 Å². The lowest BCUT2D eigenvalue weighted by molar-refractivity contribution is 0.584. The quantitative estimate of drug-likeness (QED) is 0.731. The maximum Gasteiger partial charge on any atom is 0.248 e. The van der Waals surface area contributed by atoms with Crippen LogP contribution in [-0.2, 0) is 0 Å². The molecule has 0 aliphatic rings. The van der Waals surface area contributed by atoms with Crippen molar-refractivity contribution in [1.29, 1.82) is 0 Å². The molecular formula is C17H17N3O. The van der Waals surface area contributed by atoms with Gasteiger partial charge in [-0.05, 0) is 43.3 Å². The fraction of sp³-hybridized carbons (Fsp3) is 0.176. The van der Waals surface area contributed by atoms with Crippen LogP contribution in [0.15, 0.2) is 52.9 Å². The van der Waals surface area contributed by atoms with Crippen molar-refractivity contribution in [2.24, 2.45) is 0 Å². The normalized spacial score (nSPS) is 10.6. The number of aromatic nitrogens is 2. The van der Waals surface area contributed by atoms with Crippen molar-refractivity contribution in [3.8, 4) is 22.9 Å². The van der Waals surface area contributed by atoms with E-state index < -0.39 is 0 Å². The summed E-state index contributed by atoms with van der Waals surface area (Å²) >= 11 is 0. The molecule has 106 valence electrons. The molecule has 2 aromatic carbocycles. The number of rotatable bonds is 3. The van der Waals surface area contributed by atoms with E-state index in [1.807, 2.05) is 62.6 Å². The number of benzene rings is 2. The summed E-state index contributed by atoms with van der Waals surface area (Å²) < 4.78 is 5.76. The van der Waals surface area contributed by atoms with Crippen molar-refractivity contribution in [3.05, 3.63) is 54.1 Å². The van der Waals surface area contributed by atoms with Crippen LogP contribution in [0.4, 0.5) is 5.69 Å². The fourth-order valence-electron chi connectivity index (χ4n) is 2.05. The Morgan fingerprint density at radius 1 is 0.762 bits per heavy atom. The summed E-state index contributed by atoms with van der Waals surface area (Å²) in [6.07, 6.45) is 0. The Hall–Kier alpha value is -2.62. The van der Waals surface area contributed by atoms with Gasteiger partial charge in [-0.1, -0.05) is 17.7 Å². The summed E-state index contributed by atoms with van der Waals surface area (Å²) in [5.41, 5.74) is 4.20. The predicted octanol–water partition coefficient (Wildman–Crippen LogP) is 3.78. The summed E-state index contributed by atoms with van der Waals surface area (Å²) in [6.45, 7) is 2.05. The third-order valence-electron chi connectivity index (χ3n) is 3.35. The molecular weight excluding hydrogens is 262 g/mol. The van der Waals surface area contributed by atoms with E-state index in [-0.39, 0.29) is 0 Å². The second-order valence-electron chi connectivity index (χ2n) is 5.22. The fourth-order valence-corrected chi connectivity index (χ4v) is 2.05. The summed E-state index contributed by atoms with van der Waals surface area (Å²) in [5, 5.41) is 8.25. The topological polar surface area (TPSA) is 42.2 Å². The third-order valence-corrected chi connectivity index (χ3v) is 3.35. The van der Waals surface area contributed by atoms with Crippen LogP contribution < -0.4 is 4.90 Å². The highest BCUT2D eigenvalue weighted by molar-refractivity contribution is 5.61. The molecule has 0 unspecified atom stereocenters. The van der Waals surface area contributed by atoms with Crippen molar-refractivity contribution in [1.82, 2.24) is 10.2 Å². The molecule has 0 aliphatic carbocycles. The Bertz CT molecular complexity index is 727. The van der Waals surface area contributed by atoms with Crippen molar-refractivity contribution < 1.29 is 4.42 Å². The smallest absolute Gasteiger partial charge is 0.248 e. The highest BCUT2D eigenvalue weighted by Gasteiger charge is 2.10. The molecule has 0 amide bonds. The lowest BCUT2D eigenvalue weighted by Crippen LogP contribution is -2.07. The molecule has 0 spiro atoms.